The molecule has 3 nitrogen and oxygen atoms in total. The summed E-state index contributed by atoms with van der Waals surface area (Å²) in [7, 11) is 0. The van der Waals surface area contributed by atoms with E-state index < -0.39 is 0 Å². The number of nitrogens with zero attached hydrogens (tertiary/aromatic N) is 1. The van der Waals surface area contributed by atoms with Crippen molar-refractivity contribution in [1.29, 1.82) is 0 Å². The third-order valence-electron chi connectivity index (χ3n) is 3.99. The molecule has 0 atom stereocenters. The summed E-state index contributed by atoms with van der Waals surface area (Å²) in [6, 6.07) is 2.79. The van der Waals surface area contributed by atoms with E-state index in [0.717, 1.165) is 37.1 Å². The summed E-state index contributed by atoms with van der Waals surface area (Å²) < 4.78 is 6.00. The van der Waals surface area contributed by atoms with Crippen molar-refractivity contribution in [3.63, 3.8) is 0 Å². The SMILES string of the molecule is CCCCCCCCOc1cc(C)ncc1CNC1CC1. The maximum Gasteiger partial charge on any atom is 0.127 e. The first-order valence-corrected chi connectivity index (χ1v) is 8.61. The van der Waals surface area contributed by atoms with Crippen LogP contribution in [0.1, 0.15) is 69.5 Å². The summed E-state index contributed by atoms with van der Waals surface area (Å²) in [5.74, 6) is 1.02. The zero-order chi connectivity index (χ0) is 14.9. The Morgan fingerprint density at radius 3 is 2.71 bits per heavy atom. The molecule has 0 amide bonds. The maximum atomic E-state index is 6.00. The summed E-state index contributed by atoms with van der Waals surface area (Å²) in [5.41, 5.74) is 2.22. The summed E-state index contributed by atoms with van der Waals surface area (Å²) >= 11 is 0. The van der Waals surface area contributed by atoms with Crippen LogP contribution in [0.3, 0.4) is 0 Å². The first kappa shape index (κ1) is 16.3. The van der Waals surface area contributed by atoms with Crippen molar-refractivity contribution < 1.29 is 4.74 Å². The van der Waals surface area contributed by atoms with E-state index in [9.17, 15) is 0 Å². The van der Waals surface area contributed by atoms with E-state index in [1.54, 1.807) is 0 Å². The van der Waals surface area contributed by atoms with E-state index in [0.29, 0.717) is 0 Å². The number of unbranched alkanes of at least 4 members (excludes halogenated alkanes) is 5. The predicted octanol–water partition coefficient (Wildman–Crippen LogP) is 4.38. The molecule has 0 aromatic carbocycles. The van der Waals surface area contributed by atoms with E-state index in [2.05, 4.69) is 23.3 Å². The Morgan fingerprint density at radius 2 is 1.95 bits per heavy atom. The molecule has 1 N–H and O–H groups in total. The number of aromatic nitrogens is 1. The molecule has 0 aliphatic heterocycles. The molecule has 1 saturated carbocycles. The summed E-state index contributed by atoms with van der Waals surface area (Å²) in [5, 5.41) is 3.54. The lowest BCUT2D eigenvalue weighted by Gasteiger charge is -2.12. The van der Waals surface area contributed by atoms with Crippen molar-refractivity contribution in [1.82, 2.24) is 10.3 Å². The molecule has 0 radical (unpaired) electrons. The van der Waals surface area contributed by atoms with E-state index in [4.69, 9.17) is 4.74 Å². The Kier molecular flexibility index (Phi) is 7.01. The number of nitrogens with one attached hydrogen (secondary N) is 1. The lowest BCUT2D eigenvalue weighted by Crippen LogP contribution is -2.16. The average Bonchev–Trinajstić information content (AvgIpc) is 3.29. The van der Waals surface area contributed by atoms with Crippen LogP contribution in [0.25, 0.3) is 0 Å². The van der Waals surface area contributed by atoms with E-state index in [1.807, 2.05) is 13.1 Å². The summed E-state index contributed by atoms with van der Waals surface area (Å²) in [6.45, 7) is 5.98. The van der Waals surface area contributed by atoms with Gasteiger partial charge in [0.05, 0.1) is 6.61 Å². The monoisotopic (exact) mass is 290 g/mol. The Hall–Kier alpha value is -1.09. The fourth-order valence-electron chi connectivity index (χ4n) is 2.44. The lowest BCUT2D eigenvalue weighted by atomic mass is 10.1. The highest BCUT2D eigenvalue weighted by Gasteiger charge is 2.20. The largest absolute Gasteiger partial charge is 0.493 e. The van der Waals surface area contributed by atoms with E-state index >= 15 is 0 Å². The van der Waals surface area contributed by atoms with Gasteiger partial charge in [-0.25, -0.2) is 0 Å². The van der Waals surface area contributed by atoms with Crippen molar-refractivity contribution in [2.75, 3.05) is 6.61 Å². The van der Waals surface area contributed by atoms with Crippen LogP contribution < -0.4 is 10.1 Å². The topological polar surface area (TPSA) is 34.1 Å². The van der Waals surface area contributed by atoms with Crippen LogP contribution in [0.2, 0.25) is 0 Å². The van der Waals surface area contributed by atoms with Gasteiger partial charge >= 0.3 is 0 Å². The Morgan fingerprint density at radius 1 is 1.19 bits per heavy atom. The lowest BCUT2D eigenvalue weighted by molar-refractivity contribution is 0.300. The van der Waals surface area contributed by atoms with E-state index in [1.165, 1.54) is 50.5 Å². The molecule has 1 fully saturated rings. The molecule has 0 bridgehead atoms. The molecule has 1 aliphatic rings. The van der Waals surface area contributed by atoms with Crippen molar-refractivity contribution >= 4 is 0 Å². The smallest absolute Gasteiger partial charge is 0.127 e. The van der Waals surface area contributed by atoms with Gasteiger partial charge in [0.1, 0.15) is 5.75 Å². The van der Waals surface area contributed by atoms with Gasteiger partial charge in [-0.1, -0.05) is 39.0 Å². The van der Waals surface area contributed by atoms with Gasteiger partial charge in [-0.2, -0.15) is 0 Å². The van der Waals surface area contributed by atoms with Crippen molar-refractivity contribution in [2.45, 2.75) is 77.8 Å². The minimum absolute atomic E-state index is 0.720. The van der Waals surface area contributed by atoms with Gasteiger partial charge in [-0.15, -0.1) is 0 Å². The highest BCUT2D eigenvalue weighted by molar-refractivity contribution is 5.32. The molecule has 118 valence electrons. The second-order valence-electron chi connectivity index (χ2n) is 6.20. The molecular formula is C18H30N2O. The second-order valence-corrected chi connectivity index (χ2v) is 6.20. The zero-order valence-electron chi connectivity index (χ0n) is 13.7. The van der Waals surface area contributed by atoms with Gasteiger partial charge in [-0.3, -0.25) is 4.98 Å². The normalized spacial score (nSPS) is 14.4. The van der Waals surface area contributed by atoms with Gasteiger partial charge in [0.15, 0.2) is 0 Å². The molecule has 1 aliphatic carbocycles. The van der Waals surface area contributed by atoms with Gasteiger partial charge in [0, 0.05) is 36.1 Å². The molecular weight excluding hydrogens is 260 g/mol. The highest BCUT2D eigenvalue weighted by Crippen LogP contribution is 2.23. The quantitative estimate of drug-likeness (QED) is 0.614. The highest BCUT2D eigenvalue weighted by atomic mass is 16.5. The summed E-state index contributed by atoms with van der Waals surface area (Å²) in [4.78, 5) is 4.40. The molecule has 21 heavy (non-hydrogen) atoms. The van der Waals surface area contributed by atoms with Crippen LogP contribution in [0.5, 0.6) is 5.75 Å². The van der Waals surface area contributed by atoms with Crippen molar-refractivity contribution in [3.05, 3.63) is 23.5 Å². The van der Waals surface area contributed by atoms with Crippen LogP contribution >= 0.6 is 0 Å². The average molecular weight is 290 g/mol. The van der Waals surface area contributed by atoms with E-state index in [-0.39, 0.29) is 0 Å². The fourth-order valence-corrected chi connectivity index (χ4v) is 2.44. The molecule has 0 spiro atoms. The number of aryl methyl sites for hydroxylation is 1. The molecule has 0 unspecified atom stereocenters. The molecule has 3 heteroatoms. The first-order valence-electron chi connectivity index (χ1n) is 8.61. The summed E-state index contributed by atoms with van der Waals surface area (Å²) in [6.07, 6.45) is 12.4. The van der Waals surface area contributed by atoms with Crippen molar-refractivity contribution in [2.24, 2.45) is 0 Å². The standard InChI is InChI=1S/C18H30N2O/c1-3-4-5-6-7-8-11-21-18-12-15(2)19-13-16(18)14-20-17-9-10-17/h12-13,17,20H,3-11,14H2,1-2H3. The number of hydrogen-bond donors (Lipinski definition) is 1. The number of hydrogen-bond acceptors (Lipinski definition) is 3. The number of pyridine rings is 1. The minimum atomic E-state index is 0.720. The number of rotatable bonds is 11. The zero-order valence-corrected chi connectivity index (χ0v) is 13.7. The number of ether oxygens (including phenoxy) is 1. The minimum Gasteiger partial charge on any atom is -0.493 e. The van der Waals surface area contributed by atoms with Crippen LogP contribution in [0, 0.1) is 6.92 Å². The predicted molar refractivity (Wildman–Crippen MR) is 87.7 cm³/mol. The van der Waals surface area contributed by atoms with Gasteiger partial charge in [0.25, 0.3) is 0 Å². The second kappa shape index (κ2) is 9.04. The molecule has 0 saturated heterocycles. The third kappa shape index (κ3) is 6.47. The molecule has 1 heterocycles. The van der Waals surface area contributed by atoms with Gasteiger partial charge < -0.3 is 10.1 Å². The van der Waals surface area contributed by atoms with Crippen molar-refractivity contribution in [3.8, 4) is 5.75 Å². The Balaban J connectivity index is 1.70. The van der Waals surface area contributed by atoms with Crippen LogP contribution in [0.4, 0.5) is 0 Å². The molecule has 2 rings (SSSR count). The third-order valence-corrected chi connectivity index (χ3v) is 3.99. The Bertz CT molecular complexity index is 416. The first-order chi connectivity index (χ1) is 10.3. The van der Waals surface area contributed by atoms with Crippen LogP contribution in [-0.4, -0.2) is 17.6 Å². The Labute approximate surface area is 129 Å². The van der Waals surface area contributed by atoms with Crippen LogP contribution in [-0.2, 0) is 6.54 Å². The van der Waals surface area contributed by atoms with Gasteiger partial charge in [-0.05, 0) is 26.2 Å². The molecule has 1 aromatic heterocycles. The molecule has 1 aromatic rings. The van der Waals surface area contributed by atoms with Crippen LogP contribution in [0.15, 0.2) is 12.3 Å². The fraction of sp³-hybridized carbons (Fsp3) is 0.722. The maximum absolute atomic E-state index is 6.00. The van der Waals surface area contributed by atoms with Gasteiger partial charge in [0.2, 0.25) is 0 Å².